The van der Waals surface area contributed by atoms with Crippen molar-refractivity contribution in [2.75, 3.05) is 0 Å². The van der Waals surface area contributed by atoms with Gasteiger partial charge in [0.25, 0.3) is 0 Å². The van der Waals surface area contributed by atoms with Gasteiger partial charge in [0.05, 0.1) is 11.7 Å². The van der Waals surface area contributed by atoms with E-state index in [9.17, 15) is 13.6 Å². The molecule has 0 bridgehead atoms. The molecule has 7 heteroatoms. The molecule has 2 aromatic heterocycles. The summed E-state index contributed by atoms with van der Waals surface area (Å²) in [5.74, 6) is -1.32. The molecular formula is C14H12F2N4O. The van der Waals surface area contributed by atoms with Gasteiger partial charge < -0.3 is 5.73 Å². The Morgan fingerprint density at radius 1 is 1.24 bits per heavy atom. The maximum atomic E-state index is 13.4. The van der Waals surface area contributed by atoms with Gasteiger partial charge in [-0.05, 0) is 31.2 Å². The zero-order valence-electron chi connectivity index (χ0n) is 11.1. The summed E-state index contributed by atoms with van der Waals surface area (Å²) in [6.07, 6.45) is 1.53. The fourth-order valence-electron chi connectivity index (χ4n) is 2.21. The summed E-state index contributed by atoms with van der Waals surface area (Å²) >= 11 is 0. The molecule has 0 saturated carbocycles. The van der Waals surface area contributed by atoms with Crippen molar-refractivity contribution >= 4 is 5.65 Å². The maximum Gasteiger partial charge on any atom is 0.339 e. The van der Waals surface area contributed by atoms with Crippen molar-refractivity contribution in [2.45, 2.75) is 13.0 Å². The van der Waals surface area contributed by atoms with Gasteiger partial charge >= 0.3 is 5.69 Å². The van der Waals surface area contributed by atoms with E-state index in [1.165, 1.54) is 10.6 Å². The van der Waals surface area contributed by atoms with Gasteiger partial charge in [-0.25, -0.2) is 23.1 Å². The van der Waals surface area contributed by atoms with Gasteiger partial charge in [0.2, 0.25) is 0 Å². The normalized spacial score (nSPS) is 12.8. The van der Waals surface area contributed by atoms with Gasteiger partial charge in [0, 0.05) is 12.3 Å². The van der Waals surface area contributed by atoms with E-state index >= 15 is 0 Å². The quantitative estimate of drug-likeness (QED) is 0.782. The predicted molar refractivity (Wildman–Crippen MR) is 73.3 cm³/mol. The molecule has 5 nitrogen and oxygen atoms in total. The molecule has 0 aliphatic heterocycles. The van der Waals surface area contributed by atoms with Crippen molar-refractivity contribution in [1.82, 2.24) is 14.0 Å². The molecule has 0 aliphatic carbocycles. The smallest absolute Gasteiger partial charge is 0.322 e. The van der Waals surface area contributed by atoms with E-state index in [2.05, 4.69) is 4.98 Å². The minimum atomic E-state index is -0.778. The van der Waals surface area contributed by atoms with E-state index in [0.29, 0.717) is 5.65 Å². The van der Waals surface area contributed by atoms with Crippen molar-refractivity contribution in [3.63, 3.8) is 0 Å². The third kappa shape index (κ3) is 2.21. The maximum absolute atomic E-state index is 13.4. The van der Waals surface area contributed by atoms with Crippen LogP contribution in [-0.4, -0.2) is 14.0 Å². The predicted octanol–water partition coefficient (Wildman–Crippen LogP) is 1.78. The minimum absolute atomic E-state index is 0.0490. The standard InChI is InChI=1S/C14H12F2N4O/c1-8(17)13-18-12-3-2-4-19(12)14(21)20(13)11-6-9(15)5-10(16)7-11/h2-8H,17H2,1H3. The highest BCUT2D eigenvalue weighted by Crippen LogP contribution is 2.16. The van der Waals surface area contributed by atoms with Crippen LogP contribution in [0.2, 0.25) is 0 Å². The molecule has 0 radical (unpaired) electrons. The number of nitrogens with zero attached hydrogens (tertiary/aromatic N) is 3. The molecule has 0 amide bonds. The average molecular weight is 290 g/mol. The summed E-state index contributed by atoms with van der Waals surface area (Å²) in [6, 6.07) is 5.60. The Morgan fingerprint density at radius 2 is 1.90 bits per heavy atom. The summed E-state index contributed by atoms with van der Waals surface area (Å²) in [5, 5.41) is 0. The highest BCUT2D eigenvalue weighted by atomic mass is 19.1. The molecule has 0 fully saturated rings. The Kier molecular flexibility index (Phi) is 3.06. The number of hydrogen-bond acceptors (Lipinski definition) is 3. The van der Waals surface area contributed by atoms with E-state index in [1.807, 2.05) is 0 Å². The first-order valence-corrected chi connectivity index (χ1v) is 6.29. The van der Waals surface area contributed by atoms with Crippen molar-refractivity contribution < 1.29 is 8.78 Å². The summed E-state index contributed by atoms with van der Waals surface area (Å²) in [7, 11) is 0. The van der Waals surface area contributed by atoms with E-state index < -0.39 is 23.4 Å². The highest BCUT2D eigenvalue weighted by Gasteiger charge is 2.16. The molecule has 3 rings (SSSR count). The van der Waals surface area contributed by atoms with Crippen molar-refractivity contribution in [3.05, 3.63) is 64.5 Å². The number of hydrogen-bond donors (Lipinski definition) is 1. The Bertz CT molecular complexity index is 862. The third-order valence-electron chi connectivity index (χ3n) is 3.10. The van der Waals surface area contributed by atoms with Crippen molar-refractivity contribution in [1.29, 1.82) is 0 Å². The Balaban J connectivity index is 2.41. The van der Waals surface area contributed by atoms with Crippen LogP contribution in [0, 0.1) is 11.6 Å². The molecule has 1 unspecified atom stereocenters. The number of nitrogens with two attached hydrogens (primary N) is 1. The van der Waals surface area contributed by atoms with Crippen LogP contribution < -0.4 is 11.4 Å². The second kappa shape index (κ2) is 4.78. The fraction of sp³-hybridized carbons (Fsp3) is 0.143. The van der Waals surface area contributed by atoms with Crippen LogP contribution in [0.4, 0.5) is 8.78 Å². The first-order valence-electron chi connectivity index (χ1n) is 6.29. The van der Waals surface area contributed by atoms with Gasteiger partial charge in [-0.3, -0.25) is 4.40 Å². The Hall–Kier alpha value is -2.54. The molecule has 1 atom stereocenters. The molecule has 0 spiro atoms. The summed E-state index contributed by atoms with van der Waals surface area (Å²) in [4.78, 5) is 16.8. The molecule has 2 N–H and O–H groups in total. The zero-order chi connectivity index (χ0) is 15.1. The van der Waals surface area contributed by atoms with Gasteiger partial charge in [0.15, 0.2) is 0 Å². The number of halogens is 2. The Morgan fingerprint density at radius 3 is 2.52 bits per heavy atom. The third-order valence-corrected chi connectivity index (χ3v) is 3.10. The van der Waals surface area contributed by atoms with Gasteiger partial charge in [-0.1, -0.05) is 0 Å². The van der Waals surface area contributed by atoms with E-state index in [-0.39, 0.29) is 11.5 Å². The molecular weight excluding hydrogens is 278 g/mol. The SMILES string of the molecule is CC(N)c1nc2cccn2c(=O)n1-c1cc(F)cc(F)c1. The second-order valence-electron chi connectivity index (χ2n) is 4.74. The average Bonchev–Trinajstić information content (AvgIpc) is 2.85. The number of benzene rings is 1. The molecule has 0 aliphatic rings. The van der Waals surface area contributed by atoms with Crippen LogP contribution in [0.25, 0.3) is 11.3 Å². The van der Waals surface area contributed by atoms with E-state index in [1.54, 1.807) is 19.1 Å². The van der Waals surface area contributed by atoms with Crippen LogP contribution in [0.1, 0.15) is 18.8 Å². The second-order valence-corrected chi connectivity index (χ2v) is 4.74. The largest absolute Gasteiger partial charge is 0.339 e. The van der Waals surface area contributed by atoms with Crippen molar-refractivity contribution in [2.24, 2.45) is 5.73 Å². The topological polar surface area (TPSA) is 65.3 Å². The molecule has 3 aromatic rings. The number of fused-ring (bicyclic) bond motifs is 1. The van der Waals surface area contributed by atoms with Crippen molar-refractivity contribution in [3.8, 4) is 5.69 Å². The molecule has 1 aromatic carbocycles. The van der Waals surface area contributed by atoms with Gasteiger partial charge in [-0.2, -0.15) is 0 Å². The first-order chi connectivity index (χ1) is 9.97. The van der Waals surface area contributed by atoms with Crippen LogP contribution in [0.15, 0.2) is 41.3 Å². The fourth-order valence-corrected chi connectivity index (χ4v) is 2.21. The monoisotopic (exact) mass is 290 g/mol. The molecule has 0 saturated heterocycles. The summed E-state index contributed by atoms with van der Waals surface area (Å²) in [5.41, 5.74) is 5.83. The Labute approximate surface area is 118 Å². The van der Waals surface area contributed by atoms with E-state index in [4.69, 9.17) is 5.73 Å². The lowest BCUT2D eigenvalue weighted by Crippen LogP contribution is -2.31. The minimum Gasteiger partial charge on any atom is -0.322 e. The lowest BCUT2D eigenvalue weighted by Gasteiger charge is -2.15. The van der Waals surface area contributed by atoms with Gasteiger partial charge in [0.1, 0.15) is 23.1 Å². The van der Waals surface area contributed by atoms with Crippen LogP contribution in [-0.2, 0) is 0 Å². The van der Waals surface area contributed by atoms with E-state index in [0.717, 1.165) is 22.8 Å². The lowest BCUT2D eigenvalue weighted by molar-refractivity contribution is 0.577. The molecule has 21 heavy (non-hydrogen) atoms. The summed E-state index contributed by atoms with van der Waals surface area (Å²) < 4.78 is 29.2. The first kappa shape index (κ1) is 13.4. The zero-order valence-corrected chi connectivity index (χ0v) is 11.1. The summed E-state index contributed by atoms with van der Waals surface area (Å²) in [6.45, 7) is 1.65. The number of rotatable bonds is 2. The molecule has 2 heterocycles. The number of aromatic nitrogens is 3. The highest BCUT2D eigenvalue weighted by molar-refractivity contribution is 5.41. The molecule has 108 valence electrons. The van der Waals surface area contributed by atoms with Gasteiger partial charge in [-0.15, -0.1) is 0 Å². The van der Waals surface area contributed by atoms with Crippen LogP contribution in [0.3, 0.4) is 0 Å². The van der Waals surface area contributed by atoms with Crippen LogP contribution in [0.5, 0.6) is 0 Å². The lowest BCUT2D eigenvalue weighted by atomic mass is 10.2. The van der Waals surface area contributed by atoms with Crippen LogP contribution >= 0.6 is 0 Å².